The van der Waals surface area contributed by atoms with Gasteiger partial charge in [0.15, 0.2) is 0 Å². The third-order valence-corrected chi connectivity index (χ3v) is 3.17. The molecule has 0 fully saturated rings. The molecule has 0 unspecified atom stereocenters. The summed E-state index contributed by atoms with van der Waals surface area (Å²) < 4.78 is 0. The number of nitro groups is 1. The number of hydrazone groups is 1. The number of carbonyl (C=O) groups excluding carboxylic acids is 1. The third kappa shape index (κ3) is 3.21. The minimum atomic E-state index is -0.478. The molecular weight excluding hydrogens is 298 g/mol. The van der Waals surface area contributed by atoms with Gasteiger partial charge in [0.2, 0.25) is 0 Å². The first-order valence-electron chi connectivity index (χ1n) is 6.64. The molecule has 1 amide bonds. The molecule has 8 nitrogen and oxygen atoms in total. The van der Waals surface area contributed by atoms with E-state index in [1.807, 2.05) is 0 Å². The number of hydrogen-bond acceptors (Lipinski definition) is 5. The molecule has 3 rings (SSSR count). The van der Waals surface area contributed by atoms with E-state index in [9.17, 15) is 14.9 Å². The summed E-state index contributed by atoms with van der Waals surface area (Å²) >= 11 is 0. The second-order valence-corrected chi connectivity index (χ2v) is 4.68. The Labute approximate surface area is 130 Å². The number of nitro benzene ring substituents is 1. The van der Waals surface area contributed by atoms with E-state index in [-0.39, 0.29) is 11.6 Å². The number of amides is 1. The second kappa shape index (κ2) is 6.06. The van der Waals surface area contributed by atoms with Crippen LogP contribution >= 0.6 is 0 Å². The predicted octanol–water partition coefficient (Wildman–Crippen LogP) is 2.24. The molecule has 0 saturated carbocycles. The van der Waals surface area contributed by atoms with Crippen molar-refractivity contribution in [3.8, 4) is 0 Å². The van der Waals surface area contributed by atoms with Gasteiger partial charge in [0.1, 0.15) is 0 Å². The van der Waals surface area contributed by atoms with Gasteiger partial charge in [0, 0.05) is 17.7 Å². The number of benzene rings is 2. The van der Waals surface area contributed by atoms with Gasteiger partial charge in [-0.1, -0.05) is 0 Å². The van der Waals surface area contributed by atoms with E-state index in [0.717, 1.165) is 11.0 Å². The molecule has 23 heavy (non-hydrogen) atoms. The highest BCUT2D eigenvalue weighted by atomic mass is 16.6. The smallest absolute Gasteiger partial charge is 0.271 e. The van der Waals surface area contributed by atoms with E-state index in [0.29, 0.717) is 11.1 Å². The number of rotatable bonds is 4. The van der Waals surface area contributed by atoms with E-state index in [1.165, 1.54) is 18.3 Å². The summed E-state index contributed by atoms with van der Waals surface area (Å²) in [5.41, 5.74) is 5.02. The molecule has 0 bridgehead atoms. The van der Waals surface area contributed by atoms with Crippen molar-refractivity contribution in [2.24, 2.45) is 5.10 Å². The number of nitrogens with one attached hydrogen (secondary N) is 2. The van der Waals surface area contributed by atoms with Crippen LogP contribution in [0.2, 0.25) is 0 Å². The van der Waals surface area contributed by atoms with Crippen molar-refractivity contribution in [1.29, 1.82) is 0 Å². The fourth-order valence-corrected chi connectivity index (χ4v) is 1.99. The monoisotopic (exact) mass is 309 g/mol. The Morgan fingerprint density at radius 3 is 2.78 bits per heavy atom. The number of aromatic nitrogens is 2. The van der Waals surface area contributed by atoms with Gasteiger partial charge in [-0.2, -0.15) is 5.10 Å². The number of non-ortho nitro benzene ring substituents is 1. The van der Waals surface area contributed by atoms with Crippen LogP contribution < -0.4 is 5.43 Å². The van der Waals surface area contributed by atoms with E-state index in [1.54, 1.807) is 36.7 Å². The van der Waals surface area contributed by atoms with Crippen LogP contribution in [0.15, 0.2) is 53.9 Å². The van der Waals surface area contributed by atoms with E-state index < -0.39 is 4.92 Å². The van der Waals surface area contributed by atoms with Crippen LogP contribution in [0.25, 0.3) is 11.0 Å². The Morgan fingerprint density at radius 2 is 2.04 bits per heavy atom. The molecule has 0 atom stereocenters. The highest BCUT2D eigenvalue weighted by Crippen LogP contribution is 2.12. The van der Waals surface area contributed by atoms with Gasteiger partial charge >= 0.3 is 0 Å². The summed E-state index contributed by atoms with van der Waals surface area (Å²) in [4.78, 5) is 29.1. The number of nitrogens with zero attached hydrogens (tertiary/aromatic N) is 3. The first kappa shape index (κ1) is 14.4. The number of H-pyrrole nitrogens is 1. The third-order valence-electron chi connectivity index (χ3n) is 3.17. The quantitative estimate of drug-likeness (QED) is 0.437. The molecule has 0 aliphatic rings. The Kier molecular flexibility index (Phi) is 3.79. The van der Waals surface area contributed by atoms with Gasteiger partial charge in [-0.3, -0.25) is 14.9 Å². The van der Waals surface area contributed by atoms with E-state index in [4.69, 9.17) is 0 Å². The topological polar surface area (TPSA) is 113 Å². The largest absolute Gasteiger partial charge is 0.345 e. The second-order valence-electron chi connectivity index (χ2n) is 4.68. The minimum absolute atomic E-state index is 0.000884. The first-order valence-corrected chi connectivity index (χ1v) is 6.64. The fraction of sp³-hybridized carbons (Fsp3) is 0. The van der Waals surface area contributed by atoms with Crippen LogP contribution in [0.3, 0.4) is 0 Å². The Bertz CT molecular complexity index is 899. The SMILES string of the molecule is O=C(NN=Cc1ccc([N+](=O)[O-])cc1)c1ccc2nc[nH]c2c1. The molecule has 114 valence electrons. The van der Waals surface area contributed by atoms with Crippen LogP contribution in [-0.4, -0.2) is 27.0 Å². The Balaban J connectivity index is 1.66. The molecule has 2 N–H and O–H groups in total. The maximum absolute atomic E-state index is 12.0. The molecular formula is C15H11N5O3. The minimum Gasteiger partial charge on any atom is -0.345 e. The standard InChI is InChI=1S/C15H11N5O3/c21-15(11-3-6-13-14(7-11)17-9-16-13)19-18-8-10-1-4-12(5-2-10)20(22)23/h1-9H,(H,16,17)(H,19,21). The lowest BCUT2D eigenvalue weighted by Crippen LogP contribution is -2.17. The molecule has 0 saturated heterocycles. The van der Waals surface area contributed by atoms with Gasteiger partial charge in [-0.25, -0.2) is 10.4 Å². The number of carbonyl (C=O) groups is 1. The Morgan fingerprint density at radius 1 is 1.26 bits per heavy atom. The van der Waals surface area contributed by atoms with Crippen molar-refractivity contribution < 1.29 is 9.72 Å². The average Bonchev–Trinajstić information content (AvgIpc) is 3.02. The molecule has 0 aliphatic heterocycles. The van der Waals surface area contributed by atoms with Crippen molar-refractivity contribution in [3.05, 3.63) is 70.0 Å². The molecule has 1 aromatic heterocycles. The van der Waals surface area contributed by atoms with Gasteiger partial charge in [0.25, 0.3) is 11.6 Å². The van der Waals surface area contributed by atoms with Crippen LogP contribution in [0, 0.1) is 10.1 Å². The lowest BCUT2D eigenvalue weighted by molar-refractivity contribution is -0.384. The first-order chi connectivity index (χ1) is 11.1. The lowest BCUT2D eigenvalue weighted by atomic mass is 10.2. The number of fused-ring (bicyclic) bond motifs is 1. The van der Waals surface area contributed by atoms with Crippen molar-refractivity contribution in [2.75, 3.05) is 0 Å². The highest BCUT2D eigenvalue weighted by Gasteiger charge is 2.06. The summed E-state index contributed by atoms with van der Waals surface area (Å²) in [6.45, 7) is 0. The lowest BCUT2D eigenvalue weighted by Gasteiger charge is -2.00. The van der Waals surface area contributed by atoms with E-state index >= 15 is 0 Å². The van der Waals surface area contributed by atoms with Crippen molar-refractivity contribution in [2.45, 2.75) is 0 Å². The van der Waals surface area contributed by atoms with E-state index in [2.05, 4.69) is 20.5 Å². The molecule has 0 spiro atoms. The summed E-state index contributed by atoms with van der Waals surface area (Å²) in [6, 6.07) is 10.9. The van der Waals surface area contributed by atoms with Crippen molar-refractivity contribution >= 4 is 28.8 Å². The fourth-order valence-electron chi connectivity index (χ4n) is 1.99. The zero-order valence-corrected chi connectivity index (χ0v) is 11.8. The zero-order chi connectivity index (χ0) is 16.2. The molecule has 1 heterocycles. The summed E-state index contributed by atoms with van der Waals surface area (Å²) in [7, 11) is 0. The van der Waals surface area contributed by atoms with Gasteiger partial charge in [-0.15, -0.1) is 0 Å². The number of aromatic amines is 1. The summed E-state index contributed by atoms with van der Waals surface area (Å²) in [6.07, 6.45) is 2.97. The van der Waals surface area contributed by atoms with Crippen molar-refractivity contribution in [3.63, 3.8) is 0 Å². The molecule has 8 heteroatoms. The van der Waals surface area contributed by atoms with Crippen LogP contribution in [-0.2, 0) is 0 Å². The zero-order valence-electron chi connectivity index (χ0n) is 11.8. The Hall–Kier alpha value is -3.55. The van der Waals surface area contributed by atoms with Crippen LogP contribution in [0.1, 0.15) is 15.9 Å². The van der Waals surface area contributed by atoms with Gasteiger partial charge in [-0.05, 0) is 35.9 Å². The molecule has 3 aromatic rings. The van der Waals surface area contributed by atoms with Gasteiger partial charge in [0.05, 0.1) is 28.5 Å². The summed E-state index contributed by atoms with van der Waals surface area (Å²) in [5.74, 6) is -0.361. The molecule has 0 radical (unpaired) electrons. The summed E-state index contributed by atoms with van der Waals surface area (Å²) in [5, 5.41) is 14.4. The normalized spacial score (nSPS) is 11.0. The maximum Gasteiger partial charge on any atom is 0.271 e. The number of hydrogen-bond donors (Lipinski definition) is 2. The van der Waals surface area contributed by atoms with Crippen LogP contribution in [0.4, 0.5) is 5.69 Å². The highest BCUT2D eigenvalue weighted by molar-refractivity contribution is 5.97. The maximum atomic E-state index is 12.0. The average molecular weight is 309 g/mol. The van der Waals surface area contributed by atoms with Gasteiger partial charge < -0.3 is 4.98 Å². The molecule has 2 aromatic carbocycles. The predicted molar refractivity (Wildman–Crippen MR) is 84.3 cm³/mol. The van der Waals surface area contributed by atoms with Crippen molar-refractivity contribution in [1.82, 2.24) is 15.4 Å². The van der Waals surface area contributed by atoms with Crippen LogP contribution in [0.5, 0.6) is 0 Å². The molecule has 0 aliphatic carbocycles. The number of imidazole rings is 1.